The van der Waals surface area contributed by atoms with Gasteiger partial charge in [-0.2, -0.15) is 0 Å². The van der Waals surface area contributed by atoms with Crippen molar-refractivity contribution in [3.05, 3.63) is 77.6 Å². The number of hydrogen-bond acceptors (Lipinski definition) is 3. The van der Waals surface area contributed by atoms with Gasteiger partial charge in [-0.25, -0.2) is 4.98 Å². The molecule has 0 fully saturated rings. The zero-order valence-corrected chi connectivity index (χ0v) is 14.2. The van der Waals surface area contributed by atoms with E-state index in [2.05, 4.69) is 15.1 Å². The number of H-pyrrole nitrogens is 1. The number of nitrogens with zero attached hydrogens (tertiary/aromatic N) is 2. The zero-order chi connectivity index (χ0) is 16.9. The molecule has 3 aromatic rings. The van der Waals surface area contributed by atoms with E-state index in [-0.39, 0.29) is 6.10 Å². The molecular formula is C20H21N3O. The molecule has 0 unspecified atom stereocenters. The molecule has 0 amide bonds. The average molecular weight is 319 g/mol. The molecule has 1 atom stereocenters. The van der Waals surface area contributed by atoms with Crippen LogP contribution in [-0.2, 0) is 4.84 Å². The van der Waals surface area contributed by atoms with Crippen molar-refractivity contribution < 1.29 is 4.84 Å². The molecule has 0 aliphatic rings. The van der Waals surface area contributed by atoms with Gasteiger partial charge in [0.1, 0.15) is 23.3 Å². The van der Waals surface area contributed by atoms with Gasteiger partial charge in [0, 0.05) is 11.3 Å². The number of nitrogens with one attached hydrogen (secondary N) is 1. The second kappa shape index (κ2) is 7.13. The predicted octanol–water partition coefficient (Wildman–Crippen LogP) is 4.89. The Morgan fingerprint density at radius 1 is 1.04 bits per heavy atom. The highest BCUT2D eigenvalue weighted by Gasteiger charge is 2.12. The molecule has 4 nitrogen and oxygen atoms in total. The van der Waals surface area contributed by atoms with Crippen molar-refractivity contribution in [1.29, 1.82) is 0 Å². The van der Waals surface area contributed by atoms with Crippen molar-refractivity contribution in [3.8, 4) is 11.4 Å². The molecule has 1 aromatic heterocycles. The Labute approximate surface area is 142 Å². The fraction of sp³-hybridized carbons (Fsp3) is 0.200. The normalized spacial score (nSPS) is 12.9. The summed E-state index contributed by atoms with van der Waals surface area (Å²) in [5.41, 5.74) is 4.71. The minimum absolute atomic E-state index is 0.103. The number of aryl methyl sites for hydroxylation is 1. The molecule has 0 radical (unpaired) electrons. The molecule has 0 bridgehead atoms. The molecule has 2 aromatic carbocycles. The fourth-order valence-corrected chi connectivity index (χ4v) is 2.53. The summed E-state index contributed by atoms with van der Waals surface area (Å²) in [5.74, 6) is 0.841. The maximum absolute atomic E-state index is 5.65. The standard InChI is InChI=1S/C20H21N3O/c1-14-19(22-20(21-14)18-12-8-5-9-13-18)15(2)23-24-16(3)17-10-6-4-7-11-17/h4-13,16H,1-3H3,(H,21,22)/b23-15+/t16-/m1/s1. The molecule has 24 heavy (non-hydrogen) atoms. The summed E-state index contributed by atoms with van der Waals surface area (Å²) in [5, 5.41) is 4.27. The van der Waals surface area contributed by atoms with Gasteiger partial charge in [-0.3, -0.25) is 0 Å². The number of aromatic nitrogens is 2. The van der Waals surface area contributed by atoms with Gasteiger partial charge >= 0.3 is 0 Å². The third kappa shape index (κ3) is 3.54. The smallest absolute Gasteiger partial charge is 0.149 e. The van der Waals surface area contributed by atoms with E-state index in [1.807, 2.05) is 81.4 Å². The highest BCUT2D eigenvalue weighted by molar-refractivity contribution is 5.98. The summed E-state index contributed by atoms with van der Waals surface area (Å²) in [6, 6.07) is 20.1. The average Bonchev–Trinajstić information content (AvgIpc) is 3.03. The van der Waals surface area contributed by atoms with Crippen LogP contribution >= 0.6 is 0 Å². The van der Waals surface area contributed by atoms with Crippen LogP contribution in [0.25, 0.3) is 11.4 Å². The van der Waals surface area contributed by atoms with Crippen LogP contribution in [0.1, 0.15) is 36.9 Å². The van der Waals surface area contributed by atoms with Crippen LogP contribution in [0.2, 0.25) is 0 Å². The van der Waals surface area contributed by atoms with Gasteiger partial charge in [-0.1, -0.05) is 65.8 Å². The van der Waals surface area contributed by atoms with E-state index < -0.39 is 0 Å². The highest BCUT2D eigenvalue weighted by atomic mass is 16.6. The Morgan fingerprint density at radius 2 is 1.67 bits per heavy atom. The first-order valence-corrected chi connectivity index (χ1v) is 8.03. The SMILES string of the molecule is C/C(=N\O[C@H](C)c1ccccc1)c1nc(-c2ccccc2)[nH]c1C. The Balaban J connectivity index is 1.77. The van der Waals surface area contributed by atoms with E-state index in [4.69, 9.17) is 4.84 Å². The van der Waals surface area contributed by atoms with Gasteiger partial charge < -0.3 is 9.82 Å². The lowest BCUT2D eigenvalue weighted by atomic mass is 10.1. The van der Waals surface area contributed by atoms with Crippen molar-refractivity contribution in [2.24, 2.45) is 5.16 Å². The van der Waals surface area contributed by atoms with Crippen molar-refractivity contribution in [1.82, 2.24) is 9.97 Å². The third-order valence-electron chi connectivity index (χ3n) is 3.89. The lowest BCUT2D eigenvalue weighted by Crippen LogP contribution is -2.02. The first-order chi connectivity index (χ1) is 11.6. The van der Waals surface area contributed by atoms with Crippen molar-refractivity contribution in [3.63, 3.8) is 0 Å². The summed E-state index contributed by atoms with van der Waals surface area (Å²) in [6.45, 7) is 5.89. The molecule has 1 N–H and O–H groups in total. The van der Waals surface area contributed by atoms with Crippen LogP contribution in [0.5, 0.6) is 0 Å². The molecule has 1 heterocycles. The minimum atomic E-state index is -0.103. The molecule has 0 saturated heterocycles. The molecule has 4 heteroatoms. The summed E-state index contributed by atoms with van der Waals surface area (Å²) in [4.78, 5) is 13.6. The first kappa shape index (κ1) is 16.0. The molecule has 0 saturated carbocycles. The molecule has 122 valence electrons. The number of benzene rings is 2. The number of hydrogen-bond donors (Lipinski definition) is 1. The van der Waals surface area contributed by atoms with E-state index in [1.54, 1.807) is 0 Å². The topological polar surface area (TPSA) is 50.3 Å². The third-order valence-corrected chi connectivity index (χ3v) is 3.89. The number of aromatic amines is 1. The summed E-state index contributed by atoms with van der Waals surface area (Å²) in [7, 11) is 0. The second-order valence-electron chi connectivity index (χ2n) is 5.76. The van der Waals surface area contributed by atoms with Crippen LogP contribution < -0.4 is 0 Å². The summed E-state index contributed by atoms with van der Waals surface area (Å²) < 4.78 is 0. The Hall–Kier alpha value is -2.88. The monoisotopic (exact) mass is 319 g/mol. The molecule has 0 spiro atoms. The quantitative estimate of drug-likeness (QED) is 0.538. The van der Waals surface area contributed by atoms with E-state index >= 15 is 0 Å². The minimum Gasteiger partial charge on any atom is -0.388 e. The molecular weight excluding hydrogens is 298 g/mol. The van der Waals surface area contributed by atoms with Crippen LogP contribution in [0.4, 0.5) is 0 Å². The van der Waals surface area contributed by atoms with Crippen molar-refractivity contribution >= 4 is 5.71 Å². The predicted molar refractivity (Wildman–Crippen MR) is 96.9 cm³/mol. The van der Waals surface area contributed by atoms with E-state index in [0.717, 1.165) is 34.1 Å². The number of rotatable bonds is 5. The van der Waals surface area contributed by atoms with Gasteiger partial charge in [0.25, 0.3) is 0 Å². The van der Waals surface area contributed by atoms with Crippen LogP contribution in [-0.4, -0.2) is 15.7 Å². The first-order valence-electron chi connectivity index (χ1n) is 8.03. The lowest BCUT2D eigenvalue weighted by Gasteiger charge is -2.10. The molecule has 0 aliphatic heterocycles. The van der Waals surface area contributed by atoms with Gasteiger partial charge in [0.15, 0.2) is 0 Å². The molecule has 0 aliphatic carbocycles. The largest absolute Gasteiger partial charge is 0.388 e. The van der Waals surface area contributed by atoms with E-state index in [9.17, 15) is 0 Å². The maximum Gasteiger partial charge on any atom is 0.149 e. The van der Waals surface area contributed by atoms with Crippen LogP contribution in [0.15, 0.2) is 65.8 Å². The van der Waals surface area contributed by atoms with Crippen molar-refractivity contribution in [2.75, 3.05) is 0 Å². The van der Waals surface area contributed by atoms with Crippen molar-refractivity contribution in [2.45, 2.75) is 26.9 Å². The zero-order valence-electron chi connectivity index (χ0n) is 14.2. The Bertz CT molecular complexity index is 823. The Morgan fingerprint density at radius 3 is 2.33 bits per heavy atom. The van der Waals surface area contributed by atoms with Gasteiger partial charge in [-0.15, -0.1) is 0 Å². The maximum atomic E-state index is 5.65. The van der Waals surface area contributed by atoms with E-state index in [0.29, 0.717) is 0 Å². The second-order valence-corrected chi connectivity index (χ2v) is 5.76. The highest BCUT2D eigenvalue weighted by Crippen LogP contribution is 2.20. The molecule has 3 rings (SSSR count). The van der Waals surface area contributed by atoms with Gasteiger partial charge in [0.05, 0.1) is 0 Å². The van der Waals surface area contributed by atoms with Gasteiger partial charge in [-0.05, 0) is 26.3 Å². The summed E-state index contributed by atoms with van der Waals surface area (Å²) in [6.07, 6.45) is -0.103. The lowest BCUT2D eigenvalue weighted by molar-refractivity contribution is 0.0723. The van der Waals surface area contributed by atoms with Crippen LogP contribution in [0, 0.1) is 6.92 Å². The van der Waals surface area contributed by atoms with E-state index in [1.165, 1.54) is 0 Å². The Kier molecular flexibility index (Phi) is 4.75. The van der Waals surface area contributed by atoms with Gasteiger partial charge in [0.2, 0.25) is 0 Å². The number of oxime groups is 1. The fourth-order valence-electron chi connectivity index (χ4n) is 2.53. The van der Waals surface area contributed by atoms with Crippen LogP contribution in [0.3, 0.4) is 0 Å². The number of imidazole rings is 1. The summed E-state index contributed by atoms with van der Waals surface area (Å²) >= 11 is 0.